The molecule has 0 aromatic heterocycles. The summed E-state index contributed by atoms with van der Waals surface area (Å²) in [5.74, 6) is -0.290. The molecular weight excluding hydrogens is 409 g/mol. The van der Waals surface area contributed by atoms with Gasteiger partial charge in [-0.25, -0.2) is 0 Å². The number of hydrogen-bond donors (Lipinski definition) is 2. The van der Waals surface area contributed by atoms with Crippen LogP contribution in [0.3, 0.4) is 0 Å². The summed E-state index contributed by atoms with van der Waals surface area (Å²) in [5.41, 5.74) is 6.45. The number of nitrogen functional groups attached to an aromatic ring is 1. The lowest BCUT2D eigenvalue weighted by atomic mass is 10.2. The van der Waals surface area contributed by atoms with Crippen LogP contribution >= 0.6 is 7.60 Å². The summed E-state index contributed by atoms with van der Waals surface area (Å²) in [6.45, 7) is 7.04. The van der Waals surface area contributed by atoms with Crippen molar-refractivity contribution in [2.45, 2.75) is 45.7 Å². The monoisotopic (exact) mass is 437 g/mol. The van der Waals surface area contributed by atoms with Crippen molar-refractivity contribution in [3.8, 4) is 5.75 Å². The van der Waals surface area contributed by atoms with Gasteiger partial charge in [0, 0.05) is 11.8 Å². The average molecular weight is 437 g/mol. The van der Waals surface area contributed by atoms with Gasteiger partial charge in [0.05, 0.1) is 24.2 Å². The lowest BCUT2D eigenvalue weighted by Gasteiger charge is -2.31. The van der Waals surface area contributed by atoms with Crippen molar-refractivity contribution in [1.29, 1.82) is 0 Å². The molecule has 0 fully saturated rings. The minimum Gasteiger partial charge on any atom is -0.497 e. The van der Waals surface area contributed by atoms with Crippen molar-refractivity contribution >= 4 is 24.7 Å². The van der Waals surface area contributed by atoms with Gasteiger partial charge >= 0.3 is 7.60 Å². The number of methoxy groups -OCH3 is 1. The first-order valence-corrected chi connectivity index (χ1v) is 11.1. The zero-order valence-electron chi connectivity index (χ0n) is 17.7. The van der Waals surface area contributed by atoms with Crippen molar-refractivity contribution in [3.63, 3.8) is 0 Å². The Labute approximate surface area is 176 Å². The third-order valence-electron chi connectivity index (χ3n) is 3.99. The summed E-state index contributed by atoms with van der Waals surface area (Å²) >= 11 is 0. The Kier molecular flexibility index (Phi) is 7.83. The normalized spacial score (nSPS) is 12.8. The van der Waals surface area contributed by atoms with Crippen LogP contribution in [0.25, 0.3) is 0 Å². The molecule has 0 bridgehead atoms. The van der Waals surface area contributed by atoms with E-state index in [0.717, 1.165) is 0 Å². The highest BCUT2D eigenvalue weighted by molar-refractivity contribution is 7.54. The fourth-order valence-electron chi connectivity index (χ4n) is 2.81. The summed E-state index contributed by atoms with van der Waals surface area (Å²) in [4.78, 5) is 10.7. The summed E-state index contributed by atoms with van der Waals surface area (Å²) in [7, 11) is -2.21. The second-order valence-electron chi connectivity index (χ2n) is 7.20. The van der Waals surface area contributed by atoms with Crippen LogP contribution in [0.5, 0.6) is 5.75 Å². The molecule has 0 aliphatic rings. The number of nitrogens with two attached hydrogens (primary N) is 1. The smallest absolute Gasteiger partial charge is 0.357 e. The number of benzene rings is 2. The Morgan fingerprint density at radius 3 is 2.07 bits per heavy atom. The SMILES string of the molecule is COc1ccc([C@H](Nc2ccc(N)c([N+](=O)[O-])c2)P(=O)(OC(C)C)OC(C)C)cc1. The summed E-state index contributed by atoms with van der Waals surface area (Å²) in [6, 6.07) is 11.2. The zero-order chi connectivity index (χ0) is 22.5. The largest absolute Gasteiger partial charge is 0.497 e. The number of ether oxygens (including phenoxy) is 1. The second kappa shape index (κ2) is 9.93. The number of nitrogens with zero attached hydrogens (tertiary/aromatic N) is 1. The van der Waals surface area contributed by atoms with Gasteiger partial charge in [-0.2, -0.15) is 0 Å². The maximum atomic E-state index is 13.9. The van der Waals surface area contributed by atoms with Crippen molar-refractivity contribution in [2.75, 3.05) is 18.2 Å². The van der Waals surface area contributed by atoms with E-state index in [-0.39, 0.29) is 23.6 Å². The van der Waals surface area contributed by atoms with E-state index in [4.69, 9.17) is 19.5 Å². The molecule has 30 heavy (non-hydrogen) atoms. The number of nitrogens with one attached hydrogen (secondary N) is 1. The van der Waals surface area contributed by atoms with E-state index in [1.807, 2.05) is 0 Å². The van der Waals surface area contributed by atoms with Gasteiger partial charge < -0.3 is 24.8 Å². The number of hydrogen-bond acceptors (Lipinski definition) is 8. The van der Waals surface area contributed by atoms with Gasteiger partial charge in [0.15, 0.2) is 5.78 Å². The summed E-state index contributed by atoms with van der Waals surface area (Å²) < 4.78 is 30.6. The lowest BCUT2D eigenvalue weighted by Crippen LogP contribution is -2.19. The van der Waals surface area contributed by atoms with Crippen LogP contribution in [-0.2, 0) is 13.6 Å². The molecular formula is C20H28N3O6P. The molecule has 3 N–H and O–H groups in total. The molecule has 0 amide bonds. The van der Waals surface area contributed by atoms with Crippen molar-refractivity contribution in [1.82, 2.24) is 0 Å². The van der Waals surface area contributed by atoms with Crippen LogP contribution < -0.4 is 15.8 Å². The quantitative estimate of drug-likeness (QED) is 0.221. The van der Waals surface area contributed by atoms with E-state index < -0.39 is 18.3 Å². The van der Waals surface area contributed by atoms with Gasteiger partial charge in [0.2, 0.25) is 0 Å². The molecule has 2 aromatic carbocycles. The minimum atomic E-state index is -3.76. The minimum absolute atomic E-state index is 0.0339. The molecule has 0 unspecified atom stereocenters. The number of nitro groups is 1. The van der Waals surface area contributed by atoms with Crippen LogP contribution in [0.2, 0.25) is 0 Å². The van der Waals surface area contributed by atoms with Crippen LogP contribution in [0, 0.1) is 10.1 Å². The van der Waals surface area contributed by atoms with Gasteiger partial charge in [-0.05, 0) is 57.5 Å². The molecule has 1 atom stereocenters. The maximum Gasteiger partial charge on any atom is 0.357 e. The molecule has 0 radical (unpaired) electrons. The fraction of sp³-hybridized carbons (Fsp3) is 0.400. The number of anilines is 2. The highest BCUT2D eigenvalue weighted by atomic mass is 31.2. The van der Waals surface area contributed by atoms with Gasteiger partial charge in [-0.1, -0.05) is 12.1 Å². The van der Waals surface area contributed by atoms with Crippen LogP contribution in [0.15, 0.2) is 42.5 Å². The Hall–Kier alpha value is -2.61. The highest BCUT2D eigenvalue weighted by Gasteiger charge is 2.39. The third kappa shape index (κ3) is 5.95. The summed E-state index contributed by atoms with van der Waals surface area (Å²) in [6.07, 6.45) is -0.754. The van der Waals surface area contributed by atoms with Gasteiger partial charge in [-0.15, -0.1) is 0 Å². The molecule has 0 aliphatic heterocycles. The molecule has 0 aliphatic carbocycles. The van der Waals surface area contributed by atoms with Crippen LogP contribution in [-0.4, -0.2) is 24.2 Å². The predicted molar refractivity (Wildman–Crippen MR) is 117 cm³/mol. The topological polar surface area (TPSA) is 126 Å². The molecule has 9 nitrogen and oxygen atoms in total. The first kappa shape index (κ1) is 23.7. The van der Waals surface area contributed by atoms with Crippen molar-refractivity contribution in [2.24, 2.45) is 0 Å². The first-order chi connectivity index (χ1) is 14.1. The zero-order valence-corrected chi connectivity index (χ0v) is 18.6. The van der Waals surface area contributed by atoms with E-state index in [2.05, 4.69) is 5.32 Å². The van der Waals surface area contributed by atoms with Gasteiger partial charge in [0.1, 0.15) is 11.4 Å². The van der Waals surface area contributed by atoms with Crippen molar-refractivity contribution in [3.05, 3.63) is 58.1 Å². The van der Waals surface area contributed by atoms with Gasteiger partial charge in [0.25, 0.3) is 5.69 Å². The van der Waals surface area contributed by atoms with E-state index in [1.165, 1.54) is 12.1 Å². The fourth-order valence-corrected chi connectivity index (χ4v) is 5.13. The second-order valence-corrected chi connectivity index (χ2v) is 9.22. The van der Waals surface area contributed by atoms with E-state index >= 15 is 0 Å². The molecule has 2 aromatic rings. The van der Waals surface area contributed by atoms with Crippen molar-refractivity contribution < 1.29 is 23.3 Å². The molecule has 0 saturated carbocycles. The lowest BCUT2D eigenvalue weighted by molar-refractivity contribution is -0.383. The molecule has 10 heteroatoms. The third-order valence-corrected chi connectivity index (χ3v) is 6.48. The van der Waals surface area contributed by atoms with Crippen LogP contribution in [0.1, 0.15) is 39.0 Å². The number of rotatable bonds is 10. The Morgan fingerprint density at radius 1 is 1.03 bits per heavy atom. The van der Waals surface area contributed by atoms with Gasteiger partial charge in [-0.3, -0.25) is 14.7 Å². The number of nitro benzene ring substituents is 1. The summed E-state index contributed by atoms with van der Waals surface area (Å²) in [5, 5.41) is 14.4. The highest BCUT2D eigenvalue weighted by Crippen LogP contribution is 2.62. The van der Waals surface area contributed by atoms with E-state index in [0.29, 0.717) is 17.0 Å². The molecule has 164 valence electrons. The van der Waals surface area contributed by atoms with E-state index in [9.17, 15) is 14.7 Å². The van der Waals surface area contributed by atoms with E-state index in [1.54, 1.807) is 65.1 Å². The Balaban J connectivity index is 2.55. The maximum absolute atomic E-state index is 13.9. The molecule has 2 rings (SSSR count). The first-order valence-electron chi connectivity index (χ1n) is 9.46. The van der Waals surface area contributed by atoms with Crippen LogP contribution in [0.4, 0.5) is 17.1 Å². The molecule has 0 saturated heterocycles. The Morgan fingerprint density at radius 2 is 1.60 bits per heavy atom. The molecule has 0 spiro atoms. The average Bonchev–Trinajstić information content (AvgIpc) is 2.65. The Bertz CT molecular complexity index is 903. The standard InChI is InChI=1S/C20H28N3O6P/c1-13(2)28-30(26,29-14(3)4)20(15-6-9-17(27-5)10-7-15)22-16-8-11-18(21)19(12-16)23(24)25/h6-14,20,22H,21H2,1-5H3/t20-/m1/s1. The molecule has 0 heterocycles. The predicted octanol–water partition coefficient (Wildman–Crippen LogP) is 5.34.